The summed E-state index contributed by atoms with van der Waals surface area (Å²) in [6, 6.07) is 0. The zero-order chi connectivity index (χ0) is 9.56. The molecule has 0 atom stereocenters. The molecule has 0 aromatic carbocycles. The minimum Gasteiger partial charge on any atom is -0.348 e. The summed E-state index contributed by atoms with van der Waals surface area (Å²) in [6.45, 7) is 8.92. The van der Waals surface area contributed by atoms with E-state index in [1.54, 1.807) is 0 Å². The van der Waals surface area contributed by atoms with E-state index in [0.29, 0.717) is 18.2 Å². The van der Waals surface area contributed by atoms with Gasteiger partial charge in [0.25, 0.3) is 0 Å². The van der Waals surface area contributed by atoms with E-state index >= 15 is 0 Å². The molecular formula is C9H17ClO2. The number of hydrogen-bond acceptors (Lipinski definition) is 2. The second-order valence-corrected chi connectivity index (χ2v) is 3.00. The molecule has 0 radical (unpaired) electrons. The van der Waals surface area contributed by atoms with E-state index < -0.39 is 0 Å². The molecule has 0 N–H and O–H groups in total. The molecular weight excluding hydrogens is 176 g/mol. The highest BCUT2D eigenvalue weighted by Crippen LogP contribution is 2.17. The lowest BCUT2D eigenvalue weighted by Gasteiger charge is -2.16. The summed E-state index contributed by atoms with van der Waals surface area (Å²) < 4.78 is 10.6. The first-order valence-corrected chi connectivity index (χ1v) is 4.57. The van der Waals surface area contributed by atoms with Crippen LogP contribution in [0.25, 0.3) is 0 Å². The highest BCUT2D eigenvalue weighted by molar-refractivity contribution is 6.30. The van der Waals surface area contributed by atoms with Gasteiger partial charge in [0, 0.05) is 13.2 Å². The molecule has 3 heteroatoms. The van der Waals surface area contributed by atoms with Gasteiger partial charge < -0.3 is 9.47 Å². The summed E-state index contributed by atoms with van der Waals surface area (Å²) in [5.41, 5.74) is 1.03. The molecule has 0 aliphatic rings. The molecule has 0 heterocycles. The van der Waals surface area contributed by atoms with E-state index in [1.165, 1.54) is 0 Å². The summed E-state index contributed by atoms with van der Waals surface area (Å²) in [5.74, 6) is 0. The average Bonchev–Trinajstić information content (AvgIpc) is 2.03. The predicted octanol–water partition coefficient (Wildman–Crippen LogP) is 2.92. The van der Waals surface area contributed by atoms with Crippen molar-refractivity contribution in [1.29, 1.82) is 0 Å². The average molecular weight is 193 g/mol. The number of halogens is 1. The molecule has 0 spiro atoms. The van der Waals surface area contributed by atoms with E-state index in [2.05, 4.69) is 0 Å². The first-order chi connectivity index (χ1) is 5.63. The normalized spacial score (nSPS) is 10.5. The van der Waals surface area contributed by atoms with Crippen molar-refractivity contribution in [3.8, 4) is 0 Å². The molecule has 0 rings (SSSR count). The minimum atomic E-state index is -0.383. The van der Waals surface area contributed by atoms with Gasteiger partial charge in [-0.05, 0) is 27.7 Å². The predicted molar refractivity (Wildman–Crippen MR) is 51.3 cm³/mol. The Balaban J connectivity index is 4.19. The molecule has 0 saturated heterocycles. The van der Waals surface area contributed by atoms with Gasteiger partial charge in [0.15, 0.2) is 6.29 Å². The molecule has 0 fully saturated rings. The molecule has 0 aromatic rings. The van der Waals surface area contributed by atoms with E-state index in [1.807, 2.05) is 27.7 Å². The van der Waals surface area contributed by atoms with Crippen molar-refractivity contribution in [2.45, 2.75) is 34.0 Å². The highest BCUT2D eigenvalue weighted by Gasteiger charge is 2.12. The molecule has 72 valence electrons. The first kappa shape index (κ1) is 11.9. The zero-order valence-corrected chi connectivity index (χ0v) is 8.94. The first-order valence-electron chi connectivity index (χ1n) is 4.19. The summed E-state index contributed by atoms with van der Waals surface area (Å²) in [4.78, 5) is 0. The zero-order valence-electron chi connectivity index (χ0n) is 8.19. The Labute approximate surface area is 79.5 Å². The minimum absolute atomic E-state index is 0.383. The van der Waals surface area contributed by atoms with E-state index in [9.17, 15) is 0 Å². The van der Waals surface area contributed by atoms with Crippen molar-refractivity contribution >= 4 is 11.6 Å². The largest absolute Gasteiger partial charge is 0.348 e. The second-order valence-electron chi connectivity index (χ2n) is 2.59. The lowest BCUT2D eigenvalue weighted by atomic mass is 10.3. The summed E-state index contributed by atoms with van der Waals surface area (Å²) in [6.07, 6.45) is -0.383. The standard InChI is InChI=1S/C9H17ClO2/c1-5-11-9(12-6-2)8(10)7(3)4/h9H,5-6H2,1-4H3. The fraction of sp³-hybridized carbons (Fsp3) is 0.778. The topological polar surface area (TPSA) is 18.5 Å². The second kappa shape index (κ2) is 6.46. The van der Waals surface area contributed by atoms with Gasteiger partial charge in [0.1, 0.15) is 0 Å². The maximum absolute atomic E-state index is 5.97. The van der Waals surface area contributed by atoms with Crippen LogP contribution in [-0.2, 0) is 9.47 Å². The van der Waals surface area contributed by atoms with Crippen molar-refractivity contribution in [3.05, 3.63) is 10.6 Å². The van der Waals surface area contributed by atoms with Crippen LogP contribution in [-0.4, -0.2) is 19.5 Å². The Morgan fingerprint density at radius 1 is 1.17 bits per heavy atom. The Bertz CT molecular complexity index is 145. The third-order valence-electron chi connectivity index (χ3n) is 1.32. The van der Waals surface area contributed by atoms with Crippen molar-refractivity contribution in [1.82, 2.24) is 0 Å². The van der Waals surface area contributed by atoms with Crippen molar-refractivity contribution in [2.24, 2.45) is 0 Å². The van der Waals surface area contributed by atoms with Crippen molar-refractivity contribution < 1.29 is 9.47 Å². The maximum Gasteiger partial charge on any atom is 0.194 e. The van der Waals surface area contributed by atoms with Gasteiger partial charge in [-0.2, -0.15) is 0 Å². The van der Waals surface area contributed by atoms with Crippen LogP contribution >= 0.6 is 11.6 Å². The van der Waals surface area contributed by atoms with Crippen LogP contribution in [0.2, 0.25) is 0 Å². The number of hydrogen-bond donors (Lipinski definition) is 0. The molecule has 0 aliphatic heterocycles. The molecule has 2 nitrogen and oxygen atoms in total. The molecule has 0 saturated carbocycles. The number of allylic oxidation sites excluding steroid dienone is 1. The monoisotopic (exact) mass is 192 g/mol. The Kier molecular flexibility index (Phi) is 6.44. The van der Waals surface area contributed by atoms with Crippen molar-refractivity contribution in [3.63, 3.8) is 0 Å². The molecule has 0 aromatic heterocycles. The smallest absolute Gasteiger partial charge is 0.194 e. The Morgan fingerprint density at radius 3 is 1.83 bits per heavy atom. The van der Waals surface area contributed by atoms with E-state index in [0.717, 1.165) is 5.57 Å². The van der Waals surface area contributed by atoms with Gasteiger partial charge in [-0.1, -0.05) is 17.2 Å². The van der Waals surface area contributed by atoms with Crippen LogP contribution in [0.15, 0.2) is 10.6 Å². The van der Waals surface area contributed by atoms with Crippen LogP contribution in [0.4, 0.5) is 0 Å². The quantitative estimate of drug-likeness (QED) is 0.624. The van der Waals surface area contributed by atoms with Gasteiger partial charge in [-0.3, -0.25) is 0 Å². The lowest BCUT2D eigenvalue weighted by Crippen LogP contribution is -2.18. The van der Waals surface area contributed by atoms with Crippen molar-refractivity contribution in [2.75, 3.05) is 13.2 Å². The van der Waals surface area contributed by atoms with Crippen LogP contribution in [0.3, 0.4) is 0 Å². The van der Waals surface area contributed by atoms with E-state index in [4.69, 9.17) is 21.1 Å². The van der Waals surface area contributed by atoms with Crippen LogP contribution in [0, 0.1) is 0 Å². The van der Waals surface area contributed by atoms with Crippen LogP contribution < -0.4 is 0 Å². The van der Waals surface area contributed by atoms with Crippen LogP contribution in [0.5, 0.6) is 0 Å². The fourth-order valence-corrected chi connectivity index (χ4v) is 0.859. The summed E-state index contributed by atoms with van der Waals surface area (Å²) in [5, 5.41) is 0.652. The molecule has 0 bridgehead atoms. The van der Waals surface area contributed by atoms with Gasteiger partial charge in [-0.25, -0.2) is 0 Å². The molecule has 0 amide bonds. The third-order valence-corrected chi connectivity index (χ3v) is 1.88. The lowest BCUT2D eigenvalue weighted by molar-refractivity contribution is -0.107. The Hall–Kier alpha value is -0.0500. The van der Waals surface area contributed by atoms with Gasteiger partial charge in [0.2, 0.25) is 0 Å². The number of rotatable bonds is 5. The molecule has 0 unspecified atom stereocenters. The van der Waals surface area contributed by atoms with Gasteiger partial charge in [0.05, 0.1) is 5.03 Å². The molecule has 12 heavy (non-hydrogen) atoms. The maximum atomic E-state index is 5.97. The van der Waals surface area contributed by atoms with Crippen LogP contribution in [0.1, 0.15) is 27.7 Å². The van der Waals surface area contributed by atoms with Gasteiger partial charge in [-0.15, -0.1) is 0 Å². The Morgan fingerprint density at radius 2 is 1.58 bits per heavy atom. The van der Waals surface area contributed by atoms with E-state index in [-0.39, 0.29) is 6.29 Å². The summed E-state index contributed by atoms with van der Waals surface area (Å²) >= 11 is 5.97. The highest BCUT2D eigenvalue weighted by atomic mass is 35.5. The summed E-state index contributed by atoms with van der Waals surface area (Å²) in [7, 11) is 0. The molecule has 0 aliphatic carbocycles. The number of ether oxygens (including phenoxy) is 2. The fourth-order valence-electron chi connectivity index (χ4n) is 0.733. The third kappa shape index (κ3) is 4.10. The van der Waals surface area contributed by atoms with Gasteiger partial charge >= 0.3 is 0 Å². The SMILES string of the molecule is CCOC(OCC)C(Cl)=C(C)C.